The fraction of sp³-hybridized carbons (Fsp3) is 1.00. The van der Waals surface area contributed by atoms with E-state index in [2.05, 4.69) is 24.2 Å². The predicted molar refractivity (Wildman–Crippen MR) is 60.0 cm³/mol. The van der Waals surface area contributed by atoms with Gasteiger partial charge in [0.15, 0.2) is 0 Å². The van der Waals surface area contributed by atoms with Crippen LogP contribution in [-0.2, 0) is 4.74 Å². The highest BCUT2D eigenvalue weighted by Gasteiger charge is 2.31. The van der Waals surface area contributed by atoms with E-state index in [0.29, 0.717) is 6.61 Å². The first-order valence-corrected chi connectivity index (χ1v) is 5.07. The Balaban J connectivity index is 4.25. The van der Waals surface area contributed by atoms with Gasteiger partial charge in [0, 0.05) is 5.54 Å². The molecule has 86 valence electrons. The van der Waals surface area contributed by atoms with Gasteiger partial charge in [-0.05, 0) is 41.8 Å². The van der Waals surface area contributed by atoms with Crippen molar-refractivity contribution in [3.63, 3.8) is 0 Å². The lowest BCUT2D eigenvalue weighted by Gasteiger charge is -2.39. The van der Waals surface area contributed by atoms with E-state index in [4.69, 9.17) is 10.6 Å². The van der Waals surface area contributed by atoms with E-state index in [1.165, 1.54) is 0 Å². The molecule has 0 heterocycles. The lowest BCUT2D eigenvalue weighted by molar-refractivity contribution is 0.0191. The molecule has 0 aromatic carbocycles. The monoisotopic (exact) mass is 203 g/mol. The average Bonchev–Trinajstić information content (AvgIpc) is 2.04. The van der Waals surface area contributed by atoms with Crippen LogP contribution in [0.1, 0.15) is 27.7 Å². The number of hydrogen-bond donors (Lipinski definition) is 2. The molecule has 0 amide bonds. The van der Waals surface area contributed by atoms with Gasteiger partial charge in [-0.2, -0.15) is 0 Å². The first-order valence-electron chi connectivity index (χ1n) is 5.07. The van der Waals surface area contributed by atoms with Crippen molar-refractivity contribution in [3.8, 4) is 0 Å². The van der Waals surface area contributed by atoms with Gasteiger partial charge in [-0.3, -0.25) is 11.3 Å². The maximum atomic E-state index is 5.56. The number of hydrogen-bond acceptors (Lipinski definition) is 4. The third-order valence-corrected chi connectivity index (χ3v) is 2.80. The van der Waals surface area contributed by atoms with E-state index in [9.17, 15) is 0 Å². The number of nitrogens with zero attached hydrogens (tertiary/aromatic N) is 1. The molecule has 14 heavy (non-hydrogen) atoms. The van der Waals surface area contributed by atoms with Crippen LogP contribution in [0.4, 0.5) is 0 Å². The number of ether oxygens (including phenoxy) is 1. The molecule has 0 bridgehead atoms. The number of nitrogens with two attached hydrogens (primary N) is 1. The van der Waals surface area contributed by atoms with Crippen LogP contribution < -0.4 is 11.3 Å². The molecule has 3 N–H and O–H groups in total. The molecule has 0 radical (unpaired) electrons. The minimum atomic E-state index is -0.0242. The third kappa shape index (κ3) is 3.92. The van der Waals surface area contributed by atoms with Crippen LogP contribution in [0.5, 0.6) is 0 Å². The summed E-state index contributed by atoms with van der Waals surface area (Å²) in [5.74, 6) is 5.53. The molecule has 1 unspecified atom stereocenters. The average molecular weight is 203 g/mol. The molecule has 0 saturated heterocycles. The van der Waals surface area contributed by atoms with Crippen LogP contribution in [0.2, 0.25) is 0 Å². The Morgan fingerprint density at radius 3 is 2.14 bits per heavy atom. The quantitative estimate of drug-likeness (QED) is 0.490. The number of hydrazine groups is 1. The van der Waals surface area contributed by atoms with Crippen molar-refractivity contribution in [2.75, 3.05) is 20.7 Å². The van der Waals surface area contributed by atoms with Crippen molar-refractivity contribution in [1.82, 2.24) is 10.3 Å². The van der Waals surface area contributed by atoms with Gasteiger partial charge in [0.05, 0.1) is 18.8 Å². The molecule has 4 nitrogen and oxygen atoms in total. The lowest BCUT2D eigenvalue weighted by atomic mass is 9.94. The third-order valence-electron chi connectivity index (χ3n) is 2.80. The van der Waals surface area contributed by atoms with Crippen molar-refractivity contribution in [2.24, 2.45) is 5.84 Å². The van der Waals surface area contributed by atoms with Gasteiger partial charge in [0.25, 0.3) is 0 Å². The second kappa shape index (κ2) is 5.66. The van der Waals surface area contributed by atoms with Crippen LogP contribution in [0, 0.1) is 0 Å². The van der Waals surface area contributed by atoms with Gasteiger partial charge in [0.2, 0.25) is 0 Å². The molecular formula is C10H25N3O. The van der Waals surface area contributed by atoms with Gasteiger partial charge in [-0.1, -0.05) is 0 Å². The normalized spacial score (nSPS) is 15.2. The molecule has 0 aromatic heterocycles. The van der Waals surface area contributed by atoms with Gasteiger partial charge in [-0.15, -0.1) is 0 Å². The molecule has 0 fully saturated rings. The Bertz CT molecular complexity index is 157. The first-order chi connectivity index (χ1) is 6.32. The fourth-order valence-corrected chi connectivity index (χ4v) is 1.06. The summed E-state index contributed by atoms with van der Waals surface area (Å²) in [5, 5.41) is 0. The molecule has 0 rings (SSSR count). The van der Waals surface area contributed by atoms with Crippen LogP contribution >= 0.6 is 0 Å². The topological polar surface area (TPSA) is 50.5 Å². The van der Waals surface area contributed by atoms with Gasteiger partial charge < -0.3 is 9.64 Å². The Morgan fingerprint density at radius 2 is 1.86 bits per heavy atom. The lowest BCUT2D eigenvalue weighted by Crippen LogP contribution is -2.59. The van der Waals surface area contributed by atoms with Crippen molar-refractivity contribution in [3.05, 3.63) is 0 Å². The van der Waals surface area contributed by atoms with E-state index in [1.807, 2.05) is 27.9 Å². The van der Waals surface area contributed by atoms with Gasteiger partial charge in [-0.25, -0.2) is 0 Å². The second-order valence-corrected chi connectivity index (χ2v) is 4.65. The van der Waals surface area contributed by atoms with E-state index < -0.39 is 0 Å². The summed E-state index contributed by atoms with van der Waals surface area (Å²) in [6, 6.07) is 0.125. The SMILES string of the molecule is CC(C)OCC(NN)C(C)(C)N(C)C. The molecule has 0 saturated carbocycles. The molecule has 0 aliphatic rings. The molecule has 1 atom stereocenters. The van der Waals surface area contributed by atoms with Crippen molar-refractivity contribution < 1.29 is 4.74 Å². The highest BCUT2D eigenvalue weighted by Crippen LogP contribution is 2.15. The first kappa shape index (κ1) is 13.8. The van der Waals surface area contributed by atoms with Crippen molar-refractivity contribution in [1.29, 1.82) is 0 Å². The summed E-state index contributed by atoms with van der Waals surface area (Å²) in [4.78, 5) is 2.14. The smallest absolute Gasteiger partial charge is 0.0654 e. The molecular weight excluding hydrogens is 178 g/mol. The molecule has 0 aliphatic carbocycles. The summed E-state index contributed by atoms with van der Waals surface area (Å²) >= 11 is 0. The summed E-state index contributed by atoms with van der Waals surface area (Å²) < 4.78 is 5.56. The second-order valence-electron chi connectivity index (χ2n) is 4.65. The van der Waals surface area contributed by atoms with Crippen LogP contribution in [-0.4, -0.2) is 43.3 Å². The Kier molecular flexibility index (Phi) is 5.59. The fourth-order valence-electron chi connectivity index (χ4n) is 1.06. The zero-order chi connectivity index (χ0) is 11.4. The van der Waals surface area contributed by atoms with Crippen molar-refractivity contribution >= 4 is 0 Å². The Morgan fingerprint density at radius 1 is 1.36 bits per heavy atom. The van der Waals surface area contributed by atoms with Crippen LogP contribution in [0.15, 0.2) is 0 Å². The number of rotatable bonds is 6. The van der Waals surface area contributed by atoms with Crippen molar-refractivity contribution in [2.45, 2.75) is 45.4 Å². The molecule has 0 aromatic rings. The van der Waals surface area contributed by atoms with Gasteiger partial charge >= 0.3 is 0 Å². The molecule has 0 spiro atoms. The minimum absolute atomic E-state index is 0.0242. The summed E-state index contributed by atoms with van der Waals surface area (Å²) in [6.07, 6.45) is 0.240. The summed E-state index contributed by atoms with van der Waals surface area (Å²) in [6.45, 7) is 8.95. The largest absolute Gasteiger partial charge is 0.377 e. The maximum Gasteiger partial charge on any atom is 0.0654 e. The van der Waals surface area contributed by atoms with E-state index >= 15 is 0 Å². The standard InChI is InChI=1S/C10H25N3O/c1-8(2)14-7-9(12-11)10(3,4)13(5)6/h8-9,12H,7,11H2,1-6H3. The van der Waals surface area contributed by atoms with Gasteiger partial charge in [0.1, 0.15) is 0 Å². The van der Waals surface area contributed by atoms with Crippen LogP contribution in [0.3, 0.4) is 0 Å². The van der Waals surface area contributed by atoms with E-state index in [0.717, 1.165) is 0 Å². The minimum Gasteiger partial charge on any atom is -0.377 e. The summed E-state index contributed by atoms with van der Waals surface area (Å²) in [7, 11) is 4.08. The van der Waals surface area contributed by atoms with E-state index in [1.54, 1.807) is 0 Å². The number of nitrogens with one attached hydrogen (secondary N) is 1. The van der Waals surface area contributed by atoms with Crippen LogP contribution in [0.25, 0.3) is 0 Å². The highest BCUT2D eigenvalue weighted by molar-refractivity contribution is 4.90. The maximum absolute atomic E-state index is 5.56. The Labute approximate surface area is 87.8 Å². The summed E-state index contributed by atoms with van der Waals surface area (Å²) in [5.41, 5.74) is 2.79. The Hall–Kier alpha value is -0.160. The molecule has 4 heteroatoms. The number of likely N-dealkylation sites (N-methyl/N-ethyl adjacent to an activating group) is 1. The predicted octanol–water partition coefficient (Wildman–Crippen LogP) is 0.584. The molecule has 0 aliphatic heterocycles. The highest BCUT2D eigenvalue weighted by atomic mass is 16.5. The zero-order valence-electron chi connectivity index (χ0n) is 10.3. The zero-order valence-corrected chi connectivity index (χ0v) is 10.3. The van der Waals surface area contributed by atoms with E-state index in [-0.39, 0.29) is 17.7 Å².